The number of ether oxygens (including phenoxy) is 1. The molecule has 1 atom stereocenters. The zero-order valence-electron chi connectivity index (χ0n) is 11.9. The molecule has 0 spiro atoms. The maximum atomic E-state index is 5.36. The van der Waals surface area contributed by atoms with Crippen molar-refractivity contribution in [2.45, 2.75) is 26.8 Å². The van der Waals surface area contributed by atoms with Gasteiger partial charge in [0.15, 0.2) is 0 Å². The Labute approximate surface area is 115 Å². The van der Waals surface area contributed by atoms with Crippen LogP contribution in [0, 0.1) is 5.92 Å². The summed E-state index contributed by atoms with van der Waals surface area (Å²) in [6, 6.07) is 10.2. The number of hydrogen-bond acceptors (Lipinski definition) is 3. The van der Waals surface area contributed by atoms with Gasteiger partial charge in [0.05, 0.1) is 12.8 Å². The first kappa shape index (κ1) is 13.8. The molecule has 1 heterocycles. The number of methoxy groups -OCH3 is 1. The van der Waals surface area contributed by atoms with Crippen LogP contribution in [0.25, 0.3) is 10.9 Å². The van der Waals surface area contributed by atoms with Gasteiger partial charge in [0.25, 0.3) is 0 Å². The summed E-state index contributed by atoms with van der Waals surface area (Å²) in [4.78, 5) is 4.68. The number of rotatable bonds is 6. The average molecular weight is 258 g/mol. The molecule has 2 aromatic rings. The molecule has 2 rings (SSSR count). The van der Waals surface area contributed by atoms with Crippen molar-refractivity contribution in [3.05, 3.63) is 36.0 Å². The lowest BCUT2D eigenvalue weighted by atomic mass is 10.1. The van der Waals surface area contributed by atoms with E-state index in [1.807, 2.05) is 12.1 Å². The fourth-order valence-corrected chi connectivity index (χ4v) is 2.01. The first-order chi connectivity index (χ1) is 9.24. The summed E-state index contributed by atoms with van der Waals surface area (Å²) in [5, 5.41) is 4.57. The molecular weight excluding hydrogens is 236 g/mol. The summed E-state index contributed by atoms with van der Waals surface area (Å²) in [6.07, 6.45) is 1.20. The van der Waals surface area contributed by atoms with Crippen molar-refractivity contribution in [2.75, 3.05) is 13.7 Å². The first-order valence-corrected chi connectivity index (χ1v) is 6.88. The van der Waals surface area contributed by atoms with E-state index in [2.05, 4.69) is 42.3 Å². The summed E-state index contributed by atoms with van der Waals surface area (Å²) in [5.74, 6) is 1.54. The summed E-state index contributed by atoms with van der Waals surface area (Å²) < 4.78 is 5.36. The van der Waals surface area contributed by atoms with Gasteiger partial charge >= 0.3 is 0 Å². The third-order valence-corrected chi connectivity index (χ3v) is 3.46. The largest absolute Gasteiger partial charge is 0.494 e. The normalized spacial score (nSPS) is 12.6. The summed E-state index contributed by atoms with van der Waals surface area (Å²) in [5.41, 5.74) is 1.99. The van der Waals surface area contributed by atoms with Crippen LogP contribution in [-0.4, -0.2) is 18.6 Å². The molecular formula is C16H22N2O. The van der Waals surface area contributed by atoms with E-state index in [4.69, 9.17) is 4.74 Å². The van der Waals surface area contributed by atoms with E-state index in [1.54, 1.807) is 7.11 Å². The van der Waals surface area contributed by atoms with Crippen LogP contribution in [0.2, 0.25) is 0 Å². The number of fused-ring (bicyclic) bond motifs is 1. The topological polar surface area (TPSA) is 34.1 Å². The molecule has 102 valence electrons. The van der Waals surface area contributed by atoms with Crippen molar-refractivity contribution in [2.24, 2.45) is 5.92 Å². The van der Waals surface area contributed by atoms with Crippen LogP contribution in [0.1, 0.15) is 26.0 Å². The third kappa shape index (κ3) is 3.44. The van der Waals surface area contributed by atoms with Crippen molar-refractivity contribution >= 4 is 10.9 Å². The highest BCUT2D eigenvalue weighted by Crippen LogP contribution is 2.23. The zero-order valence-corrected chi connectivity index (χ0v) is 11.9. The Morgan fingerprint density at radius 2 is 2.11 bits per heavy atom. The van der Waals surface area contributed by atoms with E-state index in [0.717, 1.165) is 35.4 Å². The minimum absolute atomic E-state index is 0.704. The molecule has 0 amide bonds. The van der Waals surface area contributed by atoms with E-state index in [-0.39, 0.29) is 0 Å². The van der Waals surface area contributed by atoms with Gasteiger partial charge in [-0.2, -0.15) is 0 Å². The number of para-hydroxylation sites is 1. The molecule has 3 nitrogen and oxygen atoms in total. The lowest BCUT2D eigenvalue weighted by Gasteiger charge is -2.10. The molecule has 1 aromatic heterocycles. The van der Waals surface area contributed by atoms with E-state index < -0.39 is 0 Å². The standard InChI is InChI=1S/C16H22N2O/c1-4-12(2)10-17-11-14-9-8-13-6-5-7-15(19-3)16(13)18-14/h5-9,12,17H,4,10-11H2,1-3H3. The van der Waals surface area contributed by atoms with E-state index in [9.17, 15) is 0 Å². The molecule has 0 saturated carbocycles. The summed E-state index contributed by atoms with van der Waals surface area (Å²) in [7, 11) is 1.68. The SMILES string of the molecule is CCC(C)CNCc1ccc2cccc(OC)c2n1. The minimum Gasteiger partial charge on any atom is -0.494 e. The van der Waals surface area contributed by atoms with Crippen LogP contribution < -0.4 is 10.1 Å². The van der Waals surface area contributed by atoms with Crippen LogP contribution in [0.15, 0.2) is 30.3 Å². The fraction of sp³-hybridized carbons (Fsp3) is 0.438. The summed E-state index contributed by atoms with van der Waals surface area (Å²) >= 11 is 0. The van der Waals surface area contributed by atoms with Gasteiger partial charge in [0.1, 0.15) is 11.3 Å². The molecule has 19 heavy (non-hydrogen) atoms. The monoisotopic (exact) mass is 258 g/mol. The molecule has 0 saturated heterocycles. The number of pyridine rings is 1. The number of nitrogens with one attached hydrogen (secondary N) is 1. The maximum Gasteiger partial charge on any atom is 0.145 e. The second-order valence-corrected chi connectivity index (χ2v) is 4.98. The van der Waals surface area contributed by atoms with Crippen molar-refractivity contribution in [3.63, 3.8) is 0 Å². The third-order valence-electron chi connectivity index (χ3n) is 3.46. The van der Waals surface area contributed by atoms with Crippen LogP contribution in [0.5, 0.6) is 5.75 Å². The molecule has 0 fully saturated rings. The number of hydrogen-bond donors (Lipinski definition) is 1. The quantitative estimate of drug-likeness (QED) is 0.862. The Hall–Kier alpha value is -1.61. The molecule has 0 aliphatic rings. The molecule has 0 aliphatic carbocycles. The highest BCUT2D eigenvalue weighted by Gasteiger charge is 2.04. The van der Waals surface area contributed by atoms with E-state index in [1.165, 1.54) is 6.42 Å². The Morgan fingerprint density at radius 1 is 1.26 bits per heavy atom. The lowest BCUT2D eigenvalue weighted by Crippen LogP contribution is -2.20. The molecule has 0 bridgehead atoms. The maximum absolute atomic E-state index is 5.36. The average Bonchev–Trinajstić information content (AvgIpc) is 2.46. The summed E-state index contributed by atoms with van der Waals surface area (Å²) in [6.45, 7) is 6.30. The van der Waals surface area contributed by atoms with Gasteiger partial charge in [-0.25, -0.2) is 4.98 Å². The Bertz CT molecular complexity index is 539. The molecule has 0 radical (unpaired) electrons. The van der Waals surface area contributed by atoms with Crippen LogP contribution in [0.4, 0.5) is 0 Å². The fourth-order valence-electron chi connectivity index (χ4n) is 2.01. The smallest absolute Gasteiger partial charge is 0.145 e. The molecule has 1 aromatic carbocycles. The van der Waals surface area contributed by atoms with Gasteiger partial charge in [-0.1, -0.05) is 38.5 Å². The Balaban J connectivity index is 2.12. The van der Waals surface area contributed by atoms with Gasteiger partial charge in [0.2, 0.25) is 0 Å². The second kappa shape index (κ2) is 6.53. The predicted molar refractivity (Wildman–Crippen MR) is 79.5 cm³/mol. The molecule has 1 N–H and O–H groups in total. The van der Waals surface area contributed by atoms with Gasteiger partial charge in [-0.05, 0) is 24.6 Å². The number of benzene rings is 1. The minimum atomic E-state index is 0.704. The predicted octanol–water partition coefficient (Wildman–Crippen LogP) is 3.38. The van der Waals surface area contributed by atoms with Crippen molar-refractivity contribution in [1.82, 2.24) is 10.3 Å². The first-order valence-electron chi connectivity index (χ1n) is 6.88. The molecule has 3 heteroatoms. The molecule has 1 unspecified atom stereocenters. The van der Waals surface area contributed by atoms with E-state index in [0.29, 0.717) is 5.92 Å². The van der Waals surface area contributed by atoms with Crippen LogP contribution in [-0.2, 0) is 6.54 Å². The van der Waals surface area contributed by atoms with Gasteiger partial charge in [-0.3, -0.25) is 0 Å². The van der Waals surface area contributed by atoms with Crippen molar-refractivity contribution < 1.29 is 4.74 Å². The zero-order chi connectivity index (χ0) is 13.7. The molecule has 0 aliphatic heterocycles. The van der Waals surface area contributed by atoms with Crippen molar-refractivity contribution in [3.8, 4) is 5.75 Å². The number of aromatic nitrogens is 1. The highest BCUT2D eigenvalue weighted by molar-refractivity contribution is 5.84. The van der Waals surface area contributed by atoms with Gasteiger partial charge < -0.3 is 10.1 Å². The Morgan fingerprint density at radius 3 is 2.84 bits per heavy atom. The van der Waals surface area contributed by atoms with E-state index >= 15 is 0 Å². The highest BCUT2D eigenvalue weighted by atomic mass is 16.5. The van der Waals surface area contributed by atoms with Gasteiger partial charge in [0, 0.05) is 11.9 Å². The van der Waals surface area contributed by atoms with Gasteiger partial charge in [-0.15, -0.1) is 0 Å². The lowest BCUT2D eigenvalue weighted by molar-refractivity contribution is 0.418. The number of nitrogens with zero attached hydrogens (tertiary/aromatic N) is 1. The van der Waals surface area contributed by atoms with Crippen LogP contribution in [0.3, 0.4) is 0 Å². The van der Waals surface area contributed by atoms with Crippen LogP contribution >= 0.6 is 0 Å². The Kier molecular flexibility index (Phi) is 4.74. The second-order valence-electron chi connectivity index (χ2n) is 4.98. The van der Waals surface area contributed by atoms with Crippen molar-refractivity contribution in [1.29, 1.82) is 0 Å².